The molecular formula is C16H14ClFN2O5S2. The maximum Gasteiger partial charge on any atom is 0.330 e. The molecule has 144 valence electrons. The van der Waals surface area contributed by atoms with E-state index in [4.69, 9.17) is 21.1 Å². The molecule has 0 amide bonds. The average molecular weight is 433 g/mol. The van der Waals surface area contributed by atoms with Gasteiger partial charge in [-0.2, -0.15) is 4.39 Å². The number of aromatic amines is 1. The fourth-order valence-electron chi connectivity index (χ4n) is 2.85. The second-order valence-electron chi connectivity index (χ2n) is 6.02. The number of nitrogens with zero attached hydrogens (tertiary/aromatic N) is 1. The Morgan fingerprint density at radius 2 is 2.15 bits per heavy atom. The predicted molar refractivity (Wildman–Crippen MR) is 98.7 cm³/mol. The molecule has 2 aromatic rings. The molecule has 7 nitrogen and oxygen atoms in total. The van der Waals surface area contributed by atoms with Crippen molar-refractivity contribution in [3.05, 3.63) is 56.1 Å². The minimum Gasteiger partial charge on any atom is -0.390 e. The molecule has 0 spiro atoms. The Labute approximate surface area is 165 Å². The zero-order valence-electron chi connectivity index (χ0n) is 13.6. The number of aliphatic hydroxyl groups excluding tert-OH is 1. The van der Waals surface area contributed by atoms with Gasteiger partial charge >= 0.3 is 5.69 Å². The van der Waals surface area contributed by atoms with E-state index in [1.165, 1.54) is 23.5 Å². The molecule has 2 N–H and O–H groups in total. The lowest BCUT2D eigenvalue weighted by atomic mass is 10.2. The van der Waals surface area contributed by atoms with Crippen LogP contribution in [0.2, 0.25) is 5.02 Å². The summed E-state index contributed by atoms with van der Waals surface area (Å²) in [4.78, 5) is 26.9. The first-order valence-electron chi connectivity index (χ1n) is 7.99. The molecule has 1 aromatic heterocycles. The van der Waals surface area contributed by atoms with Gasteiger partial charge in [-0.3, -0.25) is 14.3 Å². The minimum atomic E-state index is -1.09. The Morgan fingerprint density at radius 3 is 2.96 bits per heavy atom. The number of rotatable bonds is 4. The number of ether oxygens (including phenoxy) is 2. The topological polar surface area (TPSA) is 93.6 Å². The molecule has 0 bridgehead atoms. The van der Waals surface area contributed by atoms with E-state index in [-0.39, 0.29) is 17.8 Å². The molecule has 1 saturated heterocycles. The monoisotopic (exact) mass is 432 g/mol. The van der Waals surface area contributed by atoms with Crippen LogP contribution in [0.1, 0.15) is 12.6 Å². The third-order valence-electron chi connectivity index (χ3n) is 4.19. The first-order chi connectivity index (χ1) is 12.9. The highest BCUT2D eigenvalue weighted by molar-refractivity contribution is 8.19. The molecule has 1 unspecified atom stereocenters. The quantitative estimate of drug-likeness (QED) is 0.764. The molecule has 0 radical (unpaired) electrons. The van der Waals surface area contributed by atoms with Crippen LogP contribution in [-0.2, 0) is 9.47 Å². The van der Waals surface area contributed by atoms with Crippen LogP contribution < -0.4 is 11.2 Å². The van der Waals surface area contributed by atoms with E-state index >= 15 is 0 Å². The second-order valence-corrected chi connectivity index (χ2v) is 8.97. The van der Waals surface area contributed by atoms with Crippen molar-refractivity contribution >= 4 is 35.1 Å². The van der Waals surface area contributed by atoms with Gasteiger partial charge in [0.05, 0.1) is 18.9 Å². The van der Waals surface area contributed by atoms with E-state index in [9.17, 15) is 19.1 Å². The maximum atomic E-state index is 13.5. The smallest absolute Gasteiger partial charge is 0.330 e. The van der Waals surface area contributed by atoms with Crippen molar-refractivity contribution in [3.8, 4) is 0 Å². The highest BCUT2D eigenvalue weighted by Crippen LogP contribution is 2.49. The van der Waals surface area contributed by atoms with Crippen LogP contribution >= 0.6 is 35.1 Å². The summed E-state index contributed by atoms with van der Waals surface area (Å²) in [5, 5.41) is 10.9. The Kier molecular flexibility index (Phi) is 5.36. The van der Waals surface area contributed by atoms with Gasteiger partial charge in [0.1, 0.15) is 12.3 Å². The van der Waals surface area contributed by atoms with Gasteiger partial charge in [-0.25, -0.2) is 4.79 Å². The van der Waals surface area contributed by atoms with E-state index in [0.717, 1.165) is 20.6 Å². The van der Waals surface area contributed by atoms with Gasteiger partial charge in [0.25, 0.3) is 5.56 Å². The Hall–Kier alpha value is -1.30. The average Bonchev–Trinajstić information content (AvgIpc) is 3.18. The van der Waals surface area contributed by atoms with Crippen molar-refractivity contribution in [3.63, 3.8) is 0 Å². The number of hydrogen-bond acceptors (Lipinski definition) is 7. The third kappa shape index (κ3) is 3.96. The van der Waals surface area contributed by atoms with Crippen molar-refractivity contribution in [2.24, 2.45) is 0 Å². The standard InChI is InChI=1S/C16H14ClFN2O5S2/c17-7-1-2-11-12(3-7)27-16(26-11)24-6-10-9(21)4-13(25-10)20-5-8(18)14(22)19-15(20)23/h1-3,5,9-10,13,16,21H,4,6H2,(H,19,22,23)/t9-,10+,13+,16?/m0/s1. The summed E-state index contributed by atoms with van der Waals surface area (Å²) >= 11 is 9.03. The summed E-state index contributed by atoms with van der Waals surface area (Å²) in [7, 11) is 0. The van der Waals surface area contributed by atoms with Gasteiger partial charge in [-0.05, 0) is 18.2 Å². The first-order valence-corrected chi connectivity index (χ1v) is 10.1. The SMILES string of the molecule is O=c1[nH]c(=O)n([C@H]2C[C@H](O)[C@@H](COC3Sc4ccc(Cl)cc4S3)O2)cc1F. The van der Waals surface area contributed by atoms with Crippen molar-refractivity contribution in [2.45, 2.75) is 39.4 Å². The molecule has 4 atom stereocenters. The fraction of sp³-hybridized carbons (Fsp3) is 0.375. The fourth-order valence-corrected chi connectivity index (χ4v) is 5.60. The van der Waals surface area contributed by atoms with Gasteiger partial charge in [0.2, 0.25) is 5.82 Å². The summed E-state index contributed by atoms with van der Waals surface area (Å²) < 4.78 is 25.6. The number of H-pyrrole nitrogens is 1. The van der Waals surface area contributed by atoms with Crippen LogP contribution in [0.5, 0.6) is 0 Å². The molecular weight excluding hydrogens is 419 g/mol. The van der Waals surface area contributed by atoms with Crippen LogP contribution in [0.25, 0.3) is 0 Å². The number of aliphatic hydroxyl groups is 1. The molecule has 2 aliphatic heterocycles. The van der Waals surface area contributed by atoms with E-state index in [1.807, 2.05) is 23.2 Å². The number of benzene rings is 1. The summed E-state index contributed by atoms with van der Waals surface area (Å²) in [5.41, 5.74) is -1.89. The number of halogens is 2. The number of aromatic nitrogens is 2. The molecule has 4 rings (SSSR count). The number of thioether (sulfide) groups is 2. The Bertz CT molecular complexity index is 984. The molecule has 0 aliphatic carbocycles. The summed E-state index contributed by atoms with van der Waals surface area (Å²) in [6, 6.07) is 5.60. The van der Waals surface area contributed by atoms with E-state index in [2.05, 4.69) is 0 Å². The van der Waals surface area contributed by atoms with Gasteiger partial charge in [0.15, 0.2) is 4.77 Å². The highest BCUT2D eigenvalue weighted by Gasteiger charge is 2.37. The van der Waals surface area contributed by atoms with Crippen LogP contribution in [0, 0.1) is 5.82 Å². The first kappa shape index (κ1) is 19.0. The van der Waals surface area contributed by atoms with Crippen LogP contribution in [0.3, 0.4) is 0 Å². The minimum absolute atomic E-state index is 0.0835. The molecule has 2 aliphatic rings. The van der Waals surface area contributed by atoms with Gasteiger partial charge in [-0.1, -0.05) is 35.1 Å². The van der Waals surface area contributed by atoms with Gasteiger partial charge in [-0.15, -0.1) is 0 Å². The summed E-state index contributed by atoms with van der Waals surface area (Å²) in [6.45, 7) is 0.102. The zero-order chi connectivity index (χ0) is 19.1. The predicted octanol–water partition coefficient (Wildman–Crippen LogP) is 2.18. The second kappa shape index (κ2) is 7.61. The van der Waals surface area contributed by atoms with E-state index < -0.39 is 35.5 Å². The number of nitrogens with one attached hydrogen (secondary N) is 1. The molecule has 1 aromatic carbocycles. The Morgan fingerprint density at radius 1 is 1.37 bits per heavy atom. The molecule has 27 heavy (non-hydrogen) atoms. The Balaban J connectivity index is 1.38. The molecule has 0 saturated carbocycles. The lowest BCUT2D eigenvalue weighted by Crippen LogP contribution is -2.34. The van der Waals surface area contributed by atoms with E-state index in [0.29, 0.717) is 5.02 Å². The van der Waals surface area contributed by atoms with Crippen molar-refractivity contribution in [2.75, 3.05) is 6.61 Å². The summed E-state index contributed by atoms with van der Waals surface area (Å²) in [6.07, 6.45) is -1.58. The third-order valence-corrected chi connectivity index (χ3v) is 6.99. The van der Waals surface area contributed by atoms with Gasteiger partial charge < -0.3 is 14.6 Å². The molecule has 3 heterocycles. The normalized spacial score (nSPS) is 27.1. The van der Waals surface area contributed by atoms with Crippen molar-refractivity contribution in [1.82, 2.24) is 9.55 Å². The lowest BCUT2D eigenvalue weighted by molar-refractivity contribution is -0.0598. The summed E-state index contributed by atoms with van der Waals surface area (Å²) in [5.74, 6) is -1.09. The number of hydrogen-bond donors (Lipinski definition) is 2. The largest absolute Gasteiger partial charge is 0.390 e. The van der Waals surface area contributed by atoms with Crippen molar-refractivity contribution < 1.29 is 19.0 Å². The van der Waals surface area contributed by atoms with E-state index in [1.54, 1.807) is 0 Å². The highest BCUT2D eigenvalue weighted by atomic mass is 35.5. The number of fused-ring (bicyclic) bond motifs is 1. The van der Waals surface area contributed by atoms with Gasteiger partial charge in [0, 0.05) is 21.2 Å². The maximum absolute atomic E-state index is 13.5. The lowest BCUT2D eigenvalue weighted by Gasteiger charge is -2.18. The van der Waals surface area contributed by atoms with Crippen LogP contribution in [0.4, 0.5) is 4.39 Å². The molecule has 1 fully saturated rings. The van der Waals surface area contributed by atoms with Crippen LogP contribution in [-0.4, -0.2) is 38.2 Å². The van der Waals surface area contributed by atoms with Crippen molar-refractivity contribution in [1.29, 1.82) is 0 Å². The van der Waals surface area contributed by atoms with Crippen LogP contribution in [0.15, 0.2) is 43.8 Å². The molecule has 11 heteroatoms. The zero-order valence-corrected chi connectivity index (χ0v) is 16.0.